The fourth-order valence-corrected chi connectivity index (χ4v) is 5.77. The smallest absolute Gasteiger partial charge is 0.243 e. The van der Waals surface area contributed by atoms with Gasteiger partial charge in [0.1, 0.15) is 0 Å². The summed E-state index contributed by atoms with van der Waals surface area (Å²) in [6.07, 6.45) is 0. The van der Waals surface area contributed by atoms with Crippen molar-refractivity contribution in [3.05, 3.63) is 100 Å². The maximum Gasteiger partial charge on any atom is 0.243 e. The first-order valence-electron chi connectivity index (χ1n) is 11.7. The monoisotopic (exact) mass is 555 g/mol. The van der Waals surface area contributed by atoms with Crippen LogP contribution in [0.25, 0.3) is 0 Å². The number of hydrogen-bond donors (Lipinski definition) is 0. The van der Waals surface area contributed by atoms with Crippen LogP contribution in [0.5, 0.6) is 0 Å². The number of amides is 1. The van der Waals surface area contributed by atoms with Gasteiger partial charge in [0.2, 0.25) is 15.9 Å². The Morgan fingerprint density at radius 1 is 0.857 bits per heavy atom. The zero-order valence-electron chi connectivity index (χ0n) is 19.8. The second-order valence-corrected chi connectivity index (χ2v) is 11.7. The number of sulfonamides is 1. The first kappa shape index (κ1) is 25.6. The van der Waals surface area contributed by atoms with E-state index in [1.54, 1.807) is 29.2 Å². The first-order chi connectivity index (χ1) is 16.8. The van der Waals surface area contributed by atoms with Crippen LogP contribution >= 0.6 is 15.9 Å². The van der Waals surface area contributed by atoms with Gasteiger partial charge in [0.25, 0.3) is 0 Å². The molecule has 0 bridgehead atoms. The summed E-state index contributed by atoms with van der Waals surface area (Å²) < 4.78 is 29.1. The van der Waals surface area contributed by atoms with Crippen molar-refractivity contribution < 1.29 is 13.2 Å². The van der Waals surface area contributed by atoms with Gasteiger partial charge in [-0.25, -0.2) is 8.42 Å². The van der Waals surface area contributed by atoms with E-state index in [1.807, 2.05) is 49.4 Å². The molecule has 35 heavy (non-hydrogen) atoms. The largest absolute Gasteiger partial charge is 0.339 e. The van der Waals surface area contributed by atoms with Crippen LogP contribution in [0.4, 0.5) is 0 Å². The van der Waals surface area contributed by atoms with Crippen molar-refractivity contribution in [3.63, 3.8) is 0 Å². The van der Waals surface area contributed by atoms with Crippen molar-refractivity contribution in [1.29, 1.82) is 0 Å². The number of piperazine rings is 1. The molecular weight excluding hydrogens is 526 g/mol. The lowest BCUT2D eigenvalue weighted by atomic mass is 10.1. The third kappa shape index (κ3) is 6.79. The molecule has 3 aromatic carbocycles. The van der Waals surface area contributed by atoms with Gasteiger partial charge in [-0.05, 0) is 42.3 Å². The van der Waals surface area contributed by atoms with Crippen LogP contribution in [0.15, 0.2) is 88.2 Å². The van der Waals surface area contributed by atoms with Crippen molar-refractivity contribution in [3.8, 4) is 0 Å². The lowest BCUT2D eigenvalue weighted by molar-refractivity contribution is -0.133. The molecule has 1 fully saturated rings. The summed E-state index contributed by atoms with van der Waals surface area (Å²) in [7, 11) is -3.86. The molecule has 0 radical (unpaired) electrons. The van der Waals surface area contributed by atoms with Crippen molar-refractivity contribution in [2.75, 3.05) is 32.7 Å². The molecule has 6 nitrogen and oxygen atoms in total. The molecule has 0 spiro atoms. The number of aryl methyl sites for hydroxylation is 1. The Morgan fingerprint density at radius 3 is 2.11 bits per heavy atom. The van der Waals surface area contributed by atoms with Gasteiger partial charge >= 0.3 is 0 Å². The van der Waals surface area contributed by atoms with Gasteiger partial charge < -0.3 is 4.90 Å². The summed E-state index contributed by atoms with van der Waals surface area (Å²) in [5.41, 5.74) is 3.19. The molecule has 8 heteroatoms. The minimum absolute atomic E-state index is 0.137. The minimum atomic E-state index is -3.86. The molecule has 1 aliphatic rings. The summed E-state index contributed by atoms with van der Waals surface area (Å²) >= 11 is 3.35. The van der Waals surface area contributed by atoms with Gasteiger partial charge in [-0.1, -0.05) is 76.1 Å². The zero-order valence-corrected chi connectivity index (χ0v) is 22.2. The van der Waals surface area contributed by atoms with Crippen LogP contribution in [0.1, 0.15) is 16.7 Å². The average molecular weight is 557 g/mol. The van der Waals surface area contributed by atoms with Gasteiger partial charge in [-0.2, -0.15) is 4.31 Å². The number of rotatable bonds is 8. The molecule has 0 atom stereocenters. The van der Waals surface area contributed by atoms with Crippen molar-refractivity contribution in [1.82, 2.24) is 14.1 Å². The highest BCUT2D eigenvalue weighted by molar-refractivity contribution is 9.10. The number of carbonyl (C=O) groups excluding carboxylic acids is 1. The van der Waals surface area contributed by atoms with Crippen molar-refractivity contribution in [2.24, 2.45) is 0 Å². The molecule has 4 rings (SSSR count). The summed E-state index contributed by atoms with van der Waals surface area (Å²) in [6.45, 7) is 5.48. The number of halogens is 1. The van der Waals surface area contributed by atoms with Crippen LogP contribution in [0, 0.1) is 6.92 Å². The van der Waals surface area contributed by atoms with Crippen LogP contribution in [0.2, 0.25) is 0 Å². The number of hydrogen-bond acceptors (Lipinski definition) is 4. The third-order valence-electron chi connectivity index (χ3n) is 6.22. The van der Waals surface area contributed by atoms with Crippen LogP contribution in [-0.2, 0) is 27.9 Å². The molecule has 1 heterocycles. The van der Waals surface area contributed by atoms with E-state index in [2.05, 4.69) is 33.0 Å². The topological polar surface area (TPSA) is 60.9 Å². The first-order valence-corrected chi connectivity index (χ1v) is 13.9. The maximum absolute atomic E-state index is 13.5. The Bertz CT molecular complexity index is 1220. The van der Waals surface area contributed by atoms with Crippen molar-refractivity contribution in [2.45, 2.75) is 24.9 Å². The second-order valence-electron chi connectivity index (χ2n) is 8.86. The molecule has 0 aromatic heterocycles. The van der Waals surface area contributed by atoms with E-state index < -0.39 is 10.0 Å². The molecular formula is C27H30BrN3O3S. The molecule has 184 valence electrons. The van der Waals surface area contributed by atoms with Gasteiger partial charge in [-0.15, -0.1) is 0 Å². The lowest BCUT2D eigenvalue weighted by Crippen LogP contribution is -2.51. The van der Waals surface area contributed by atoms with E-state index in [1.165, 1.54) is 9.87 Å². The lowest BCUT2D eigenvalue weighted by Gasteiger charge is -2.35. The van der Waals surface area contributed by atoms with E-state index in [0.717, 1.165) is 35.2 Å². The van der Waals surface area contributed by atoms with Gasteiger partial charge in [0.05, 0.1) is 11.4 Å². The SMILES string of the molecule is Cc1ccc(CN(CC(=O)N2CCN(Cc3ccccc3)CC2)S(=O)(=O)c2ccc(Br)cc2)cc1. The van der Waals surface area contributed by atoms with Crippen LogP contribution in [-0.4, -0.2) is 61.2 Å². The van der Waals surface area contributed by atoms with E-state index in [0.29, 0.717) is 13.1 Å². The standard InChI is InChI=1S/C27H30BrN3O3S/c1-22-7-9-24(10-8-22)20-31(35(33,34)26-13-11-25(28)12-14-26)21-27(32)30-17-15-29(16-18-30)19-23-5-3-2-4-6-23/h2-14H,15-21H2,1H3. The predicted octanol–water partition coefficient (Wildman–Crippen LogP) is 4.29. The molecule has 0 saturated carbocycles. The Kier molecular flexibility index (Phi) is 8.38. The minimum Gasteiger partial charge on any atom is -0.339 e. The molecule has 1 saturated heterocycles. The average Bonchev–Trinajstić information content (AvgIpc) is 2.86. The van der Waals surface area contributed by atoms with Crippen LogP contribution in [0.3, 0.4) is 0 Å². The Labute approximate surface area is 216 Å². The molecule has 0 aliphatic carbocycles. The highest BCUT2D eigenvalue weighted by Gasteiger charge is 2.30. The fraction of sp³-hybridized carbons (Fsp3) is 0.296. The molecule has 1 amide bonds. The maximum atomic E-state index is 13.5. The van der Waals surface area contributed by atoms with Crippen molar-refractivity contribution >= 4 is 31.9 Å². The Balaban J connectivity index is 1.46. The normalized spacial score (nSPS) is 14.9. The molecule has 0 unspecified atom stereocenters. The van der Waals surface area contributed by atoms with E-state index in [-0.39, 0.29) is 23.9 Å². The summed E-state index contributed by atoms with van der Waals surface area (Å²) in [5.74, 6) is -0.169. The molecule has 1 aliphatic heterocycles. The zero-order chi connectivity index (χ0) is 24.8. The van der Waals surface area contributed by atoms with E-state index >= 15 is 0 Å². The Morgan fingerprint density at radius 2 is 1.49 bits per heavy atom. The summed E-state index contributed by atoms with van der Waals surface area (Å²) in [4.78, 5) is 17.5. The number of benzene rings is 3. The van der Waals surface area contributed by atoms with E-state index in [4.69, 9.17) is 0 Å². The quantitative estimate of drug-likeness (QED) is 0.416. The number of nitrogens with zero attached hydrogens (tertiary/aromatic N) is 3. The van der Waals surface area contributed by atoms with Gasteiger partial charge in [0, 0.05) is 43.7 Å². The van der Waals surface area contributed by atoms with Gasteiger partial charge in [-0.3, -0.25) is 9.69 Å². The predicted molar refractivity (Wildman–Crippen MR) is 141 cm³/mol. The molecule has 0 N–H and O–H groups in total. The fourth-order valence-electron chi connectivity index (χ4n) is 4.13. The van der Waals surface area contributed by atoms with Gasteiger partial charge in [0.15, 0.2) is 0 Å². The highest BCUT2D eigenvalue weighted by atomic mass is 79.9. The second kappa shape index (κ2) is 11.5. The van der Waals surface area contributed by atoms with Crippen LogP contribution < -0.4 is 0 Å². The number of carbonyl (C=O) groups is 1. The summed E-state index contributed by atoms with van der Waals surface area (Å²) in [5, 5.41) is 0. The van der Waals surface area contributed by atoms with E-state index in [9.17, 15) is 13.2 Å². The Hall–Kier alpha value is -2.52. The molecule has 3 aromatic rings. The third-order valence-corrected chi connectivity index (χ3v) is 8.55. The summed E-state index contributed by atoms with van der Waals surface area (Å²) in [6, 6.07) is 24.5. The highest BCUT2D eigenvalue weighted by Crippen LogP contribution is 2.21.